The van der Waals surface area contributed by atoms with Gasteiger partial charge in [-0.3, -0.25) is 4.79 Å². The number of nitrogens with zero attached hydrogens (tertiary/aromatic N) is 3. The molecule has 0 spiro atoms. The summed E-state index contributed by atoms with van der Waals surface area (Å²) in [5.74, 6) is -0.135. The number of benzene rings is 1. The zero-order valence-corrected chi connectivity index (χ0v) is 18.1. The minimum Gasteiger partial charge on any atom is -0.348 e. The van der Waals surface area contributed by atoms with Crippen molar-refractivity contribution in [2.45, 2.75) is 64.5 Å². The van der Waals surface area contributed by atoms with Crippen LogP contribution in [-0.2, 0) is 5.41 Å². The molecule has 1 amide bonds. The molecule has 0 saturated carbocycles. The smallest absolute Gasteiger partial charge is 0.273 e. The quantitative estimate of drug-likeness (QED) is 0.772. The predicted molar refractivity (Wildman–Crippen MR) is 114 cm³/mol. The highest BCUT2D eigenvalue weighted by atomic mass is 35.5. The van der Waals surface area contributed by atoms with E-state index in [9.17, 15) is 4.79 Å². The Labute approximate surface area is 173 Å². The Morgan fingerprint density at radius 1 is 1.29 bits per heavy atom. The van der Waals surface area contributed by atoms with Gasteiger partial charge in [0.1, 0.15) is 0 Å². The van der Waals surface area contributed by atoms with Crippen molar-refractivity contribution in [3.63, 3.8) is 0 Å². The van der Waals surface area contributed by atoms with E-state index in [1.54, 1.807) is 0 Å². The average molecular weight is 406 g/mol. The van der Waals surface area contributed by atoms with Gasteiger partial charge < -0.3 is 10.6 Å². The molecule has 3 rings (SSSR count). The largest absolute Gasteiger partial charge is 0.348 e. The number of rotatable bonds is 6. The van der Waals surface area contributed by atoms with E-state index < -0.39 is 0 Å². The lowest BCUT2D eigenvalue weighted by atomic mass is 9.79. The van der Waals surface area contributed by atoms with Crippen molar-refractivity contribution in [2.75, 3.05) is 13.1 Å². The minimum atomic E-state index is -0.135. The summed E-state index contributed by atoms with van der Waals surface area (Å²) in [6.45, 7) is 10.4. The summed E-state index contributed by atoms with van der Waals surface area (Å²) in [4.78, 5) is 12.8. The summed E-state index contributed by atoms with van der Waals surface area (Å²) in [6, 6.07) is 10.8. The molecule has 1 unspecified atom stereocenters. The maximum atomic E-state index is 12.8. The number of hydrogen-bond donors (Lipinski definition) is 2. The van der Waals surface area contributed by atoms with Gasteiger partial charge in [-0.2, -0.15) is 0 Å². The monoisotopic (exact) mass is 405 g/mol. The van der Waals surface area contributed by atoms with Crippen molar-refractivity contribution >= 4 is 18.3 Å². The van der Waals surface area contributed by atoms with E-state index in [0.717, 1.165) is 38.0 Å². The Bertz CT molecular complexity index is 768. The van der Waals surface area contributed by atoms with Crippen LogP contribution in [0.1, 0.15) is 67.8 Å². The minimum absolute atomic E-state index is 0. The first-order chi connectivity index (χ1) is 12.9. The molecular formula is C21H32ClN5O. The van der Waals surface area contributed by atoms with Gasteiger partial charge in [-0.05, 0) is 57.2 Å². The molecule has 1 atom stereocenters. The molecule has 1 aliphatic heterocycles. The highest BCUT2D eigenvalue weighted by Gasteiger charge is 2.27. The maximum Gasteiger partial charge on any atom is 0.273 e. The lowest BCUT2D eigenvalue weighted by Gasteiger charge is -2.29. The molecule has 1 aromatic heterocycles. The van der Waals surface area contributed by atoms with E-state index in [0.29, 0.717) is 11.7 Å². The van der Waals surface area contributed by atoms with Crippen molar-refractivity contribution in [1.29, 1.82) is 0 Å². The highest BCUT2D eigenvalue weighted by Crippen LogP contribution is 2.28. The predicted octanol–water partition coefficient (Wildman–Crippen LogP) is 3.42. The zero-order valence-electron chi connectivity index (χ0n) is 17.2. The second-order valence-electron chi connectivity index (χ2n) is 8.28. The number of hydrogen-bond acceptors (Lipinski definition) is 4. The third-order valence-corrected chi connectivity index (χ3v) is 5.55. The van der Waals surface area contributed by atoms with Crippen LogP contribution in [0.2, 0.25) is 0 Å². The van der Waals surface area contributed by atoms with Crippen LogP contribution in [0.5, 0.6) is 0 Å². The van der Waals surface area contributed by atoms with Crippen LogP contribution < -0.4 is 10.6 Å². The second-order valence-corrected chi connectivity index (χ2v) is 8.28. The standard InChI is InChI=1S/C21H31N5O.ClH/c1-15(14-21(3,4)17-8-6-5-7-9-17)23-20(27)19-16(2)26(25-24-19)18-10-12-22-13-11-18;/h5-9,15,18,22H,10-14H2,1-4H3,(H,23,27);1H. The molecule has 0 radical (unpaired) electrons. The van der Waals surface area contributed by atoms with Gasteiger partial charge in [0, 0.05) is 6.04 Å². The van der Waals surface area contributed by atoms with Gasteiger partial charge in [-0.15, -0.1) is 17.5 Å². The fourth-order valence-corrected chi connectivity index (χ4v) is 4.06. The Morgan fingerprint density at radius 3 is 2.57 bits per heavy atom. The first-order valence-corrected chi connectivity index (χ1v) is 9.87. The van der Waals surface area contributed by atoms with E-state index >= 15 is 0 Å². The lowest BCUT2D eigenvalue weighted by molar-refractivity contribution is 0.0928. The Kier molecular flexibility index (Phi) is 7.61. The van der Waals surface area contributed by atoms with Crippen LogP contribution in [0, 0.1) is 6.92 Å². The van der Waals surface area contributed by atoms with Crippen LogP contribution in [-0.4, -0.2) is 40.0 Å². The SMILES string of the molecule is Cc1c(C(=O)NC(C)CC(C)(C)c2ccccc2)nnn1C1CCNCC1.Cl. The van der Waals surface area contributed by atoms with E-state index in [2.05, 4.69) is 66.0 Å². The number of halogens is 1. The Balaban J connectivity index is 0.00000280. The Morgan fingerprint density at radius 2 is 1.93 bits per heavy atom. The summed E-state index contributed by atoms with van der Waals surface area (Å²) in [7, 11) is 0. The molecule has 28 heavy (non-hydrogen) atoms. The number of carbonyl (C=O) groups excluding carboxylic acids is 1. The fourth-order valence-electron chi connectivity index (χ4n) is 4.06. The molecule has 1 aliphatic rings. The van der Waals surface area contributed by atoms with E-state index in [1.165, 1.54) is 5.56 Å². The fraction of sp³-hybridized carbons (Fsp3) is 0.571. The van der Waals surface area contributed by atoms with Gasteiger partial charge in [-0.25, -0.2) is 4.68 Å². The van der Waals surface area contributed by atoms with Gasteiger partial charge in [-0.1, -0.05) is 49.4 Å². The molecule has 2 heterocycles. The van der Waals surface area contributed by atoms with Crippen LogP contribution >= 0.6 is 12.4 Å². The van der Waals surface area contributed by atoms with Crippen molar-refractivity contribution in [1.82, 2.24) is 25.6 Å². The van der Waals surface area contributed by atoms with E-state index in [-0.39, 0.29) is 29.8 Å². The number of aromatic nitrogens is 3. The molecule has 154 valence electrons. The molecule has 1 saturated heterocycles. The van der Waals surface area contributed by atoms with Crippen molar-refractivity contribution < 1.29 is 4.79 Å². The summed E-state index contributed by atoms with van der Waals surface area (Å²) in [5, 5.41) is 14.9. The van der Waals surface area contributed by atoms with Crippen LogP contribution in [0.4, 0.5) is 0 Å². The van der Waals surface area contributed by atoms with E-state index in [4.69, 9.17) is 0 Å². The van der Waals surface area contributed by atoms with Gasteiger partial charge in [0.15, 0.2) is 5.69 Å². The second kappa shape index (κ2) is 9.52. The van der Waals surface area contributed by atoms with Gasteiger partial charge in [0.2, 0.25) is 0 Å². The van der Waals surface area contributed by atoms with E-state index in [1.807, 2.05) is 17.7 Å². The van der Waals surface area contributed by atoms with Crippen LogP contribution in [0.15, 0.2) is 30.3 Å². The maximum absolute atomic E-state index is 12.8. The molecule has 7 heteroatoms. The molecule has 1 fully saturated rings. The molecular weight excluding hydrogens is 374 g/mol. The van der Waals surface area contributed by atoms with Gasteiger partial charge in [0.25, 0.3) is 5.91 Å². The molecule has 2 aromatic rings. The first kappa shape index (κ1) is 22.4. The van der Waals surface area contributed by atoms with Crippen molar-refractivity contribution in [3.8, 4) is 0 Å². The summed E-state index contributed by atoms with van der Waals surface area (Å²) in [5.41, 5.74) is 2.56. The third kappa shape index (κ3) is 5.11. The number of amides is 1. The normalized spacial score (nSPS) is 16.3. The molecule has 6 nitrogen and oxygen atoms in total. The van der Waals surface area contributed by atoms with Crippen LogP contribution in [0.25, 0.3) is 0 Å². The van der Waals surface area contributed by atoms with Gasteiger partial charge >= 0.3 is 0 Å². The van der Waals surface area contributed by atoms with Crippen molar-refractivity contribution in [3.05, 3.63) is 47.3 Å². The molecule has 0 aliphatic carbocycles. The molecule has 1 aromatic carbocycles. The van der Waals surface area contributed by atoms with Crippen molar-refractivity contribution in [2.24, 2.45) is 0 Å². The van der Waals surface area contributed by atoms with Crippen LogP contribution in [0.3, 0.4) is 0 Å². The summed E-state index contributed by atoms with van der Waals surface area (Å²) < 4.78 is 1.92. The number of carbonyl (C=O) groups is 1. The number of piperidine rings is 1. The summed E-state index contributed by atoms with van der Waals surface area (Å²) in [6.07, 6.45) is 2.89. The van der Waals surface area contributed by atoms with Gasteiger partial charge in [0.05, 0.1) is 11.7 Å². The third-order valence-electron chi connectivity index (χ3n) is 5.55. The zero-order chi connectivity index (χ0) is 19.4. The number of nitrogens with one attached hydrogen (secondary N) is 2. The lowest BCUT2D eigenvalue weighted by Crippen LogP contribution is -2.37. The highest BCUT2D eigenvalue weighted by molar-refractivity contribution is 5.93. The first-order valence-electron chi connectivity index (χ1n) is 9.87. The molecule has 2 N–H and O–H groups in total. The topological polar surface area (TPSA) is 71.8 Å². The average Bonchev–Trinajstić information content (AvgIpc) is 3.04. The molecule has 0 bridgehead atoms. The Hall–Kier alpha value is -1.92. The summed E-state index contributed by atoms with van der Waals surface area (Å²) >= 11 is 0.